The lowest BCUT2D eigenvalue weighted by Crippen LogP contribution is -2.01. The molecule has 108 valence electrons. The normalized spacial score (nSPS) is 10.1. The molecule has 1 aromatic heterocycles. The quantitative estimate of drug-likeness (QED) is 0.764. The molecule has 0 amide bonds. The highest BCUT2D eigenvalue weighted by molar-refractivity contribution is 6.29. The van der Waals surface area contributed by atoms with E-state index in [1.54, 1.807) is 18.2 Å². The molecule has 0 fully saturated rings. The van der Waals surface area contributed by atoms with Gasteiger partial charge in [0.25, 0.3) is 0 Å². The Morgan fingerprint density at radius 1 is 1.24 bits per heavy atom. The highest BCUT2D eigenvalue weighted by Gasteiger charge is 2.06. The molecule has 6 heteroatoms. The van der Waals surface area contributed by atoms with E-state index < -0.39 is 0 Å². The minimum Gasteiger partial charge on any atom is -0.439 e. The van der Waals surface area contributed by atoms with Crippen LogP contribution in [-0.4, -0.2) is 16.6 Å². The Hall–Kier alpha value is -2.16. The Morgan fingerprint density at radius 2 is 2.00 bits per heavy atom. The van der Waals surface area contributed by atoms with Gasteiger partial charge in [-0.3, -0.25) is 0 Å². The van der Waals surface area contributed by atoms with Crippen LogP contribution in [0.15, 0.2) is 30.3 Å². The summed E-state index contributed by atoms with van der Waals surface area (Å²) in [5.74, 6) is 1.45. The summed E-state index contributed by atoms with van der Waals surface area (Å²) in [6.07, 6.45) is 0.373. The zero-order valence-corrected chi connectivity index (χ0v) is 12.3. The Labute approximate surface area is 128 Å². The summed E-state index contributed by atoms with van der Waals surface area (Å²) >= 11 is 5.94. The summed E-state index contributed by atoms with van der Waals surface area (Å²) in [4.78, 5) is 8.29. The van der Waals surface area contributed by atoms with E-state index in [4.69, 9.17) is 26.3 Å². The zero-order valence-electron chi connectivity index (χ0n) is 11.5. The van der Waals surface area contributed by atoms with Crippen molar-refractivity contribution in [1.82, 2.24) is 9.97 Å². The van der Waals surface area contributed by atoms with Crippen LogP contribution in [0, 0.1) is 11.3 Å². The smallest absolute Gasteiger partial charge is 0.224 e. The van der Waals surface area contributed by atoms with Gasteiger partial charge < -0.3 is 9.47 Å². The van der Waals surface area contributed by atoms with Gasteiger partial charge in [0, 0.05) is 12.7 Å². The van der Waals surface area contributed by atoms with Crippen LogP contribution in [-0.2, 0) is 17.8 Å². The molecule has 1 heterocycles. The molecule has 0 aliphatic rings. The number of halogens is 1. The third-order valence-corrected chi connectivity index (χ3v) is 2.78. The second kappa shape index (κ2) is 7.58. The molecule has 0 spiro atoms. The highest BCUT2D eigenvalue weighted by atomic mass is 35.5. The second-order valence-electron chi connectivity index (χ2n) is 4.16. The van der Waals surface area contributed by atoms with Crippen molar-refractivity contribution < 1.29 is 9.47 Å². The molecule has 0 saturated carbocycles. The predicted molar refractivity (Wildman–Crippen MR) is 78.2 cm³/mol. The van der Waals surface area contributed by atoms with Crippen LogP contribution in [0.5, 0.6) is 11.6 Å². The third-order valence-electron chi connectivity index (χ3n) is 2.58. The van der Waals surface area contributed by atoms with Crippen LogP contribution in [0.2, 0.25) is 5.15 Å². The number of rotatable bonds is 6. The van der Waals surface area contributed by atoms with Crippen molar-refractivity contribution in [2.45, 2.75) is 20.0 Å². The van der Waals surface area contributed by atoms with E-state index in [2.05, 4.69) is 16.0 Å². The fraction of sp³-hybridized carbons (Fsp3) is 0.267. The first kappa shape index (κ1) is 15.2. The number of hydrogen-bond donors (Lipinski definition) is 0. The van der Waals surface area contributed by atoms with Crippen LogP contribution >= 0.6 is 11.6 Å². The molecule has 0 N–H and O–H groups in total. The first-order valence-electron chi connectivity index (χ1n) is 6.46. The molecule has 0 saturated heterocycles. The molecule has 0 atom stereocenters. The van der Waals surface area contributed by atoms with Crippen molar-refractivity contribution in [2.75, 3.05) is 6.61 Å². The first-order chi connectivity index (χ1) is 10.2. The van der Waals surface area contributed by atoms with E-state index in [1.807, 2.05) is 19.1 Å². The maximum Gasteiger partial charge on any atom is 0.224 e. The summed E-state index contributed by atoms with van der Waals surface area (Å²) in [6, 6.07) is 10.9. The number of nitriles is 1. The van der Waals surface area contributed by atoms with E-state index >= 15 is 0 Å². The summed E-state index contributed by atoms with van der Waals surface area (Å²) in [6.45, 7) is 2.76. The van der Waals surface area contributed by atoms with Gasteiger partial charge in [-0.05, 0) is 24.6 Å². The average Bonchev–Trinajstić information content (AvgIpc) is 2.47. The molecule has 0 radical (unpaired) electrons. The molecule has 0 aliphatic carbocycles. The van der Waals surface area contributed by atoms with E-state index in [-0.39, 0.29) is 6.61 Å². The lowest BCUT2D eigenvalue weighted by atomic mass is 10.2. The monoisotopic (exact) mass is 303 g/mol. The lowest BCUT2D eigenvalue weighted by Gasteiger charge is -2.07. The van der Waals surface area contributed by atoms with E-state index in [0.29, 0.717) is 35.6 Å². The molecule has 0 unspecified atom stereocenters. The van der Waals surface area contributed by atoms with E-state index in [9.17, 15) is 0 Å². The van der Waals surface area contributed by atoms with Crippen molar-refractivity contribution in [3.8, 4) is 17.7 Å². The van der Waals surface area contributed by atoms with Gasteiger partial charge in [0.1, 0.15) is 17.5 Å². The van der Waals surface area contributed by atoms with Gasteiger partial charge in [0.05, 0.1) is 12.5 Å². The van der Waals surface area contributed by atoms with Crippen LogP contribution in [0.25, 0.3) is 0 Å². The van der Waals surface area contributed by atoms with Crippen molar-refractivity contribution in [3.05, 3.63) is 46.9 Å². The number of ether oxygens (including phenoxy) is 2. The molecule has 5 nitrogen and oxygen atoms in total. The fourth-order valence-electron chi connectivity index (χ4n) is 1.64. The molecule has 2 rings (SSSR count). The molecule has 21 heavy (non-hydrogen) atoms. The van der Waals surface area contributed by atoms with Gasteiger partial charge >= 0.3 is 0 Å². The molecular formula is C15H14ClN3O2. The van der Waals surface area contributed by atoms with Crippen molar-refractivity contribution >= 4 is 11.6 Å². The van der Waals surface area contributed by atoms with Crippen molar-refractivity contribution in [2.24, 2.45) is 0 Å². The van der Waals surface area contributed by atoms with Gasteiger partial charge in [-0.15, -0.1) is 0 Å². The standard InChI is InChI=1S/C15H14ClN3O2/c1-2-20-10-14-18-13(16)9-15(19-14)21-12-5-3-11(4-6-12)7-8-17/h3-6,9H,2,7,10H2,1H3. The zero-order chi connectivity index (χ0) is 15.1. The SMILES string of the molecule is CCOCc1nc(Cl)cc(Oc2ccc(CC#N)cc2)n1. The Morgan fingerprint density at radius 3 is 2.67 bits per heavy atom. The largest absolute Gasteiger partial charge is 0.439 e. The number of aromatic nitrogens is 2. The minimum atomic E-state index is 0.286. The van der Waals surface area contributed by atoms with Gasteiger partial charge in [-0.25, -0.2) is 4.98 Å². The van der Waals surface area contributed by atoms with Crippen molar-refractivity contribution in [1.29, 1.82) is 5.26 Å². The summed E-state index contributed by atoms with van der Waals surface area (Å²) in [5.41, 5.74) is 0.933. The van der Waals surface area contributed by atoms with Crippen LogP contribution in [0.1, 0.15) is 18.3 Å². The van der Waals surface area contributed by atoms with E-state index in [1.165, 1.54) is 0 Å². The van der Waals surface area contributed by atoms with Gasteiger partial charge in [0.15, 0.2) is 5.82 Å². The lowest BCUT2D eigenvalue weighted by molar-refractivity contribution is 0.128. The number of nitrogens with zero attached hydrogens (tertiary/aromatic N) is 3. The minimum absolute atomic E-state index is 0.286. The summed E-state index contributed by atoms with van der Waals surface area (Å²) in [7, 11) is 0. The third kappa shape index (κ3) is 4.71. The molecule has 0 bridgehead atoms. The average molecular weight is 304 g/mol. The highest BCUT2D eigenvalue weighted by Crippen LogP contribution is 2.22. The van der Waals surface area contributed by atoms with Gasteiger partial charge in [0.2, 0.25) is 5.88 Å². The fourth-order valence-corrected chi connectivity index (χ4v) is 1.83. The van der Waals surface area contributed by atoms with E-state index in [0.717, 1.165) is 5.56 Å². The first-order valence-corrected chi connectivity index (χ1v) is 6.84. The van der Waals surface area contributed by atoms with Crippen LogP contribution < -0.4 is 4.74 Å². The number of hydrogen-bond acceptors (Lipinski definition) is 5. The molecule has 0 aliphatic heterocycles. The van der Waals surface area contributed by atoms with Crippen molar-refractivity contribution in [3.63, 3.8) is 0 Å². The van der Waals surface area contributed by atoms with Crippen LogP contribution in [0.3, 0.4) is 0 Å². The Balaban J connectivity index is 2.11. The topological polar surface area (TPSA) is 68.0 Å². The molecule has 2 aromatic rings. The maximum atomic E-state index is 8.63. The van der Waals surface area contributed by atoms with Gasteiger partial charge in [-0.1, -0.05) is 23.7 Å². The van der Waals surface area contributed by atoms with Gasteiger partial charge in [-0.2, -0.15) is 10.2 Å². The Kier molecular flexibility index (Phi) is 5.50. The maximum absolute atomic E-state index is 8.63. The van der Waals surface area contributed by atoms with Crippen LogP contribution in [0.4, 0.5) is 0 Å². The molecular weight excluding hydrogens is 290 g/mol. The Bertz CT molecular complexity index is 638. The summed E-state index contributed by atoms with van der Waals surface area (Å²) < 4.78 is 10.9. The number of benzene rings is 1. The predicted octanol–water partition coefficient (Wildman–Crippen LogP) is 3.52. The summed E-state index contributed by atoms with van der Waals surface area (Å²) in [5, 5.41) is 8.93. The second-order valence-corrected chi connectivity index (χ2v) is 4.55. The molecule has 1 aromatic carbocycles.